The number of likely N-dealkylation sites (tertiary alicyclic amines) is 1. The molecule has 0 spiro atoms. The first-order chi connectivity index (χ1) is 10.3. The maximum Gasteiger partial charge on any atom is 0.223 e. The Kier molecular flexibility index (Phi) is 4.28. The van der Waals surface area contributed by atoms with Crippen LogP contribution in [-0.2, 0) is 4.79 Å². The number of carbonyl (C=O) groups excluding carboxylic acids is 1. The van der Waals surface area contributed by atoms with Crippen molar-refractivity contribution in [3.8, 4) is 5.75 Å². The van der Waals surface area contributed by atoms with Crippen LogP contribution in [0.2, 0.25) is 0 Å². The van der Waals surface area contributed by atoms with Crippen molar-refractivity contribution < 1.29 is 9.53 Å². The van der Waals surface area contributed by atoms with Gasteiger partial charge in [-0.3, -0.25) is 4.79 Å². The van der Waals surface area contributed by atoms with Crippen molar-refractivity contribution in [2.24, 2.45) is 5.92 Å². The number of benzene rings is 1. The lowest BCUT2D eigenvalue weighted by Gasteiger charge is -2.26. The Bertz CT molecular complexity index is 538. The third-order valence-corrected chi connectivity index (χ3v) is 4.60. The van der Waals surface area contributed by atoms with Crippen LogP contribution in [0.15, 0.2) is 36.4 Å². The third-order valence-electron chi connectivity index (χ3n) is 4.60. The van der Waals surface area contributed by atoms with Crippen molar-refractivity contribution in [2.45, 2.75) is 38.1 Å². The molecule has 1 aliphatic heterocycles. The van der Waals surface area contributed by atoms with Crippen molar-refractivity contribution >= 4 is 5.91 Å². The largest absolute Gasteiger partial charge is 0.497 e. The van der Waals surface area contributed by atoms with Crippen molar-refractivity contribution in [1.82, 2.24) is 4.90 Å². The number of hydrogen-bond acceptors (Lipinski definition) is 2. The number of allylic oxidation sites excluding steroid dienone is 2. The molecule has 2 atom stereocenters. The normalized spacial score (nSPS) is 24.5. The zero-order chi connectivity index (χ0) is 14.7. The SMILES string of the molecule is COc1cccc([C@H]2CCCN2C(=O)C[C@@H]2C=CCC2)c1. The van der Waals surface area contributed by atoms with Crippen LogP contribution < -0.4 is 4.74 Å². The molecule has 0 unspecified atom stereocenters. The van der Waals surface area contributed by atoms with Crippen molar-refractivity contribution in [3.05, 3.63) is 42.0 Å². The predicted molar refractivity (Wildman–Crippen MR) is 83.2 cm³/mol. The molecular weight excluding hydrogens is 262 g/mol. The van der Waals surface area contributed by atoms with Crippen LogP contribution in [0.4, 0.5) is 0 Å². The molecule has 0 radical (unpaired) electrons. The van der Waals surface area contributed by atoms with Crippen LogP contribution in [0.25, 0.3) is 0 Å². The Morgan fingerprint density at radius 2 is 2.29 bits per heavy atom. The van der Waals surface area contributed by atoms with Gasteiger partial charge in [-0.15, -0.1) is 0 Å². The van der Waals surface area contributed by atoms with Gasteiger partial charge < -0.3 is 9.64 Å². The molecule has 1 aromatic rings. The standard InChI is InChI=1S/C18H23NO2/c1-21-16-9-4-8-15(13-16)17-10-5-11-19(17)18(20)12-14-6-2-3-7-14/h2,4,6,8-9,13-14,17H,3,5,7,10-12H2,1H3/t14-,17-/m1/s1. The molecule has 0 N–H and O–H groups in total. The van der Waals surface area contributed by atoms with Crippen LogP contribution in [-0.4, -0.2) is 24.5 Å². The highest BCUT2D eigenvalue weighted by atomic mass is 16.5. The van der Waals surface area contributed by atoms with Gasteiger partial charge >= 0.3 is 0 Å². The van der Waals surface area contributed by atoms with Crippen LogP contribution >= 0.6 is 0 Å². The molecule has 2 aliphatic rings. The number of hydrogen-bond donors (Lipinski definition) is 0. The number of nitrogens with zero attached hydrogens (tertiary/aromatic N) is 1. The zero-order valence-electron chi connectivity index (χ0n) is 12.6. The highest BCUT2D eigenvalue weighted by Crippen LogP contribution is 2.35. The predicted octanol–water partition coefficient (Wildman–Crippen LogP) is 3.72. The van der Waals surface area contributed by atoms with E-state index >= 15 is 0 Å². The molecule has 112 valence electrons. The van der Waals surface area contributed by atoms with E-state index in [-0.39, 0.29) is 6.04 Å². The molecule has 21 heavy (non-hydrogen) atoms. The van der Waals surface area contributed by atoms with E-state index in [4.69, 9.17) is 4.74 Å². The Labute approximate surface area is 126 Å². The third kappa shape index (κ3) is 3.12. The Balaban J connectivity index is 1.72. The molecule has 1 heterocycles. The minimum atomic E-state index is 0.220. The summed E-state index contributed by atoms with van der Waals surface area (Å²) in [6.45, 7) is 0.886. The summed E-state index contributed by atoms with van der Waals surface area (Å²) < 4.78 is 5.31. The number of methoxy groups -OCH3 is 1. The van der Waals surface area contributed by atoms with E-state index in [0.29, 0.717) is 18.2 Å². The van der Waals surface area contributed by atoms with E-state index < -0.39 is 0 Å². The minimum Gasteiger partial charge on any atom is -0.497 e. The molecule has 0 saturated carbocycles. The topological polar surface area (TPSA) is 29.5 Å². The fourth-order valence-corrected chi connectivity index (χ4v) is 3.47. The lowest BCUT2D eigenvalue weighted by Crippen LogP contribution is -2.31. The summed E-state index contributed by atoms with van der Waals surface area (Å²) in [5.74, 6) is 1.62. The number of rotatable bonds is 4. The average molecular weight is 285 g/mol. The molecular formula is C18H23NO2. The van der Waals surface area contributed by atoms with Gasteiger partial charge in [0.1, 0.15) is 5.75 Å². The quantitative estimate of drug-likeness (QED) is 0.789. The molecule has 1 saturated heterocycles. The molecule has 3 rings (SSSR count). The summed E-state index contributed by atoms with van der Waals surface area (Å²) in [5, 5.41) is 0. The first-order valence-electron chi connectivity index (χ1n) is 7.88. The van der Waals surface area contributed by atoms with Crippen LogP contribution in [0.5, 0.6) is 5.75 Å². The summed E-state index contributed by atoms with van der Waals surface area (Å²) in [5.41, 5.74) is 1.20. The Hall–Kier alpha value is -1.77. The smallest absolute Gasteiger partial charge is 0.223 e. The van der Waals surface area contributed by atoms with E-state index in [0.717, 1.165) is 38.0 Å². The maximum atomic E-state index is 12.6. The fraction of sp³-hybridized carbons (Fsp3) is 0.500. The van der Waals surface area contributed by atoms with Crippen LogP contribution in [0.3, 0.4) is 0 Å². The summed E-state index contributed by atoms with van der Waals surface area (Å²) in [6.07, 6.45) is 9.46. The molecule has 1 fully saturated rings. The van der Waals surface area contributed by atoms with Gasteiger partial charge in [-0.2, -0.15) is 0 Å². The first-order valence-corrected chi connectivity index (χ1v) is 7.88. The van der Waals surface area contributed by atoms with Crippen molar-refractivity contribution in [1.29, 1.82) is 0 Å². The molecule has 3 nitrogen and oxygen atoms in total. The number of carbonyl (C=O) groups is 1. The lowest BCUT2D eigenvalue weighted by molar-refractivity contribution is -0.132. The van der Waals surface area contributed by atoms with E-state index in [9.17, 15) is 4.79 Å². The molecule has 0 bridgehead atoms. The molecule has 1 amide bonds. The zero-order valence-corrected chi connectivity index (χ0v) is 12.6. The molecule has 1 aliphatic carbocycles. The summed E-state index contributed by atoms with van der Waals surface area (Å²) >= 11 is 0. The van der Waals surface area contributed by atoms with Crippen molar-refractivity contribution in [3.63, 3.8) is 0 Å². The second kappa shape index (κ2) is 6.33. The lowest BCUT2D eigenvalue weighted by atomic mass is 10.0. The highest BCUT2D eigenvalue weighted by Gasteiger charge is 2.31. The number of ether oxygens (including phenoxy) is 1. The summed E-state index contributed by atoms with van der Waals surface area (Å²) in [7, 11) is 1.68. The monoisotopic (exact) mass is 285 g/mol. The summed E-state index contributed by atoms with van der Waals surface area (Å²) in [6, 6.07) is 8.35. The fourth-order valence-electron chi connectivity index (χ4n) is 3.47. The van der Waals surface area contributed by atoms with Gasteiger partial charge in [0.25, 0.3) is 0 Å². The maximum absolute atomic E-state index is 12.6. The summed E-state index contributed by atoms with van der Waals surface area (Å²) in [4.78, 5) is 14.7. The Morgan fingerprint density at radius 1 is 1.38 bits per heavy atom. The van der Waals surface area contributed by atoms with E-state index in [1.165, 1.54) is 5.56 Å². The molecule has 0 aromatic heterocycles. The van der Waals surface area contributed by atoms with E-state index in [2.05, 4.69) is 29.2 Å². The van der Waals surface area contributed by atoms with Gasteiger partial charge in [-0.05, 0) is 49.3 Å². The van der Waals surface area contributed by atoms with Crippen molar-refractivity contribution in [2.75, 3.05) is 13.7 Å². The average Bonchev–Trinajstić information content (AvgIpc) is 3.18. The van der Waals surface area contributed by atoms with Gasteiger partial charge in [-0.1, -0.05) is 24.3 Å². The minimum absolute atomic E-state index is 0.220. The second-order valence-corrected chi connectivity index (χ2v) is 5.99. The molecule has 1 aromatic carbocycles. The first kappa shape index (κ1) is 14.2. The number of amides is 1. The Morgan fingerprint density at radius 3 is 3.05 bits per heavy atom. The van der Waals surface area contributed by atoms with Gasteiger partial charge in [0.15, 0.2) is 0 Å². The van der Waals surface area contributed by atoms with Gasteiger partial charge in [0, 0.05) is 13.0 Å². The molecule has 3 heteroatoms. The van der Waals surface area contributed by atoms with E-state index in [1.807, 2.05) is 12.1 Å². The van der Waals surface area contributed by atoms with Crippen LogP contribution in [0, 0.1) is 5.92 Å². The highest BCUT2D eigenvalue weighted by molar-refractivity contribution is 5.77. The van der Waals surface area contributed by atoms with Gasteiger partial charge in [0.05, 0.1) is 13.2 Å². The van der Waals surface area contributed by atoms with E-state index in [1.54, 1.807) is 7.11 Å². The van der Waals surface area contributed by atoms with Crippen LogP contribution in [0.1, 0.15) is 43.7 Å². The second-order valence-electron chi connectivity index (χ2n) is 5.99. The van der Waals surface area contributed by atoms with Gasteiger partial charge in [0.2, 0.25) is 5.91 Å². The van der Waals surface area contributed by atoms with Gasteiger partial charge in [-0.25, -0.2) is 0 Å².